The molecule has 5 nitrogen and oxygen atoms in total. The van der Waals surface area contributed by atoms with Crippen LogP contribution in [0.5, 0.6) is 0 Å². The average Bonchev–Trinajstić information content (AvgIpc) is 1.99. The van der Waals surface area contributed by atoms with Crippen molar-refractivity contribution in [2.45, 2.75) is 19.1 Å². The van der Waals surface area contributed by atoms with Gasteiger partial charge >= 0.3 is 43.7 Å². The number of esters is 1. The average molecular weight is 206 g/mol. The standard InChI is InChI=1S/C6H12O5.Ca.2H/c1-4(8)6(10)11-3-5(9)2-7;;;/h4-5,7-9H,2-3H2,1H3;;;/q;+2;2*-1. The molecule has 3 N–H and O–H groups in total. The summed E-state index contributed by atoms with van der Waals surface area (Å²) in [6.45, 7) is 0.501. The van der Waals surface area contributed by atoms with E-state index in [0.717, 1.165) is 0 Å². The normalized spacial score (nSPS) is 14.3. The molecule has 0 aromatic carbocycles. The molecule has 6 heteroatoms. The van der Waals surface area contributed by atoms with E-state index < -0.39 is 24.8 Å². The van der Waals surface area contributed by atoms with Crippen molar-refractivity contribution in [1.82, 2.24) is 0 Å². The van der Waals surface area contributed by atoms with Crippen molar-refractivity contribution >= 4 is 43.7 Å². The molecule has 0 rings (SSSR count). The van der Waals surface area contributed by atoms with Crippen molar-refractivity contribution in [2.75, 3.05) is 13.2 Å². The van der Waals surface area contributed by atoms with E-state index in [1.807, 2.05) is 0 Å². The number of hydrogen-bond donors (Lipinski definition) is 3. The maximum atomic E-state index is 10.5. The van der Waals surface area contributed by atoms with Gasteiger partial charge in [-0.05, 0) is 6.92 Å². The van der Waals surface area contributed by atoms with Gasteiger partial charge in [0.2, 0.25) is 0 Å². The summed E-state index contributed by atoms with van der Waals surface area (Å²) in [5.41, 5.74) is 0. The molecule has 0 bridgehead atoms. The molecule has 0 radical (unpaired) electrons. The minimum atomic E-state index is -1.19. The molecule has 0 amide bonds. The Bertz CT molecular complexity index is 135. The Morgan fingerprint density at radius 2 is 2.08 bits per heavy atom. The summed E-state index contributed by atoms with van der Waals surface area (Å²) >= 11 is 0. The second-order valence-electron chi connectivity index (χ2n) is 2.14. The number of rotatable bonds is 4. The first-order valence-electron chi connectivity index (χ1n) is 3.21. The van der Waals surface area contributed by atoms with Gasteiger partial charge in [0.05, 0.1) is 6.61 Å². The predicted octanol–water partition coefficient (Wildman–Crippen LogP) is -1.89. The van der Waals surface area contributed by atoms with Crippen molar-refractivity contribution in [1.29, 1.82) is 0 Å². The van der Waals surface area contributed by atoms with Gasteiger partial charge < -0.3 is 22.9 Å². The van der Waals surface area contributed by atoms with E-state index in [-0.39, 0.29) is 47.2 Å². The second kappa shape index (κ2) is 8.22. The summed E-state index contributed by atoms with van der Waals surface area (Å²) < 4.78 is 4.36. The number of carbonyl (C=O) groups is 1. The van der Waals surface area contributed by atoms with Crippen molar-refractivity contribution in [2.24, 2.45) is 0 Å². The van der Waals surface area contributed by atoms with Crippen LogP contribution in [0, 0.1) is 0 Å². The van der Waals surface area contributed by atoms with Crippen LogP contribution >= 0.6 is 0 Å². The summed E-state index contributed by atoms with van der Waals surface area (Å²) in [5, 5.41) is 25.6. The van der Waals surface area contributed by atoms with Crippen LogP contribution in [0.2, 0.25) is 0 Å². The minimum Gasteiger partial charge on any atom is -1.00 e. The van der Waals surface area contributed by atoms with Crippen LogP contribution < -0.4 is 0 Å². The van der Waals surface area contributed by atoms with Gasteiger partial charge in [-0.2, -0.15) is 0 Å². The van der Waals surface area contributed by atoms with Crippen LogP contribution in [0.3, 0.4) is 0 Å². The quantitative estimate of drug-likeness (QED) is 0.370. The zero-order valence-corrected chi connectivity index (χ0v) is 9.14. The predicted molar refractivity (Wildman–Crippen MR) is 43.7 cm³/mol. The van der Waals surface area contributed by atoms with E-state index in [1.165, 1.54) is 6.92 Å². The Morgan fingerprint density at radius 3 is 2.42 bits per heavy atom. The SMILES string of the molecule is CC(O)C(=O)OCC(O)CO.[Ca+2].[H-].[H-]. The van der Waals surface area contributed by atoms with Gasteiger partial charge in [0.25, 0.3) is 0 Å². The molecule has 0 aliphatic rings. The smallest absolute Gasteiger partial charge is 1.00 e. The first-order valence-corrected chi connectivity index (χ1v) is 3.21. The van der Waals surface area contributed by atoms with Crippen molar-refractivity contribution in [3.8, 4) is 0 Å². The molecule has 0 aliphatic heterocycles. The van der Waals surface area contributed by atoms with E-state index in [4.69, 9.17) is 15.3 Å². The van der Waals surface area contributed by atoms with E-state index in [1.54, 1.807) is 0 Å². The van der Waals surface area contributed by atoms with Crippen LogP contribution in [0.1, 0.15) is 9.78 Å². The Labute approximate surface area is 103 Å². The largest absolute Gasteiger partial charge is 2.00 e. The summed E-state index contributed by atoms with van der Waals surface area (Å²) in [7, 11) is 0. The summed E-state index contributed by atoms with van der Waals surface area (Å²) in [6.07, 6.45) is -2.27. The van der Waals surface area contributed by atoms with Crippen LogP contribution in [0.25, 0.3) is 0 Å². The molecule has 2 unspecified atom stereocenters. The molecule has 0 heterocycles. The molecule has 12 heavy (non-hydrogen) atoms. The zero-order chi connectivity index (χ0) is 8.85. The number of carbonyl (C=O) groups excluding carboxylic acids is 1. The first-order chi connectivity index (χ1) is 5.07. The topological polar surface area (TPSA) is 87.0 Å². The molecular formula is C6H14CaO5. The summed E-state index contributed by atoms with van der Waals surface area (Å²) in [4.78, 5) is 10.5. The van der Waals surface area contributed by atoms with E-state index >= 15 is 0 Å². The fourth-order valence-electron chi connectivity index (χ4n) is 0.352. The molecule has 0 saturated heterocycles. The van der Waals surface area contributed by atoms with Crippen LogP contribution in [0.4, 0.5) is 0 Å². The van der Waals surface area contributed by atoms with Gasteiger partial charge in [0.1, 0.15) is 18.8 Å². The van der Waals surface area contributed by atoms with Crippen molar-refractivity contribution < 1.29 is 27.7 Å². The summed E-state index contributed by atoms with van der Waals surface area (Å²) in [5.74, 6) is -0.808. The van der Waals surface area contributed by atoms with Crippen LogP contribution in [0.15, 0.2) is 0 Å². The molecule has 0 saturated carbocycles. The number of ether oxygens (including phenoxy) is 1. The van der Waals surface area contributed by atoms with Gasteiger partial charge in [-0.1, -0.05) is 0 Å². The number of aliphatic hydroxyl groups excluding tert-OH is 3. The Balaban J connectivity index is -0.000000167. The molecule has 70 valence electrons. The molecule has 0 fully saturated rings. The molecule has 0 aliphatic carbocycles. The monoisotopic (exact) mass is 206 g/mol. The number of aliphatic hydroxyl groups is 3. The van der Waals surface area contributed by atoms with E-state index in [2.05, 4.69) is 4.74 Å². The molecule has 2 atom stereocenters. The maximum Gasteiger partial charge on any atom is 2.00 e. The van der Waals surface area contributed by atoms with Gasteiger partial charge in [0.15, 0.2) is 0 Å². The Hall–Kier alpha value is 0.610. The Morgan fingerprint density at radius 1 is 1.58 bits per heavy atom. The fraction of sp³-hybridized carbons (Fsp3) is 0.833. The summed E-state index contributed by atoms with van der Waals surface area (Å²) in [6, 6.07) is 0. The van der Waals surface area contributed by atoms with E-state index in [9.17, 15) is 4.79 Å². The van der Waals surface area contributed by atoms with E-state index in [0.29, 0.717) is 0 Å². The first kappa shape index (κ1) is 15.1. The third-order valence-corrected chi connectivity index (χ3v) is 0.970. The Kier molecular flexibility index (Phi) is 10.3. The third kappa shape index (κ3) is 7.27. The van der Waals surface area contributed by atoms with Gasteiger partial charge in [0, 0.05) is 0 Å². The minimum absolute atomic E-state index is 0. The number of hydrogen-bond acceptors (Lipinski definition) is 5. The molecule has 0 aromatic rings. The second-order valence-corrected chi connectivity index (χ2v) is 2.14. The molecule has 0 spiro atoms. The maximum absolute atomic E-state index is 10.5. The fourth-order valence-corrected chi connectivity index (χ4v) is 0.352. The molecular weight excluding hydrogens is 192 g/mol. The van der Waals surface area contributed by atoms with Crippen LogP contribution in [-0.2, 0) is 9.53 Å². The van der Waals surface area contributed by atoms with Gasteiger partial charge in [-0.15, -0.1) is 0 Å². The molecule has 0 aromatic heterocycles. The van der Waals surface area contributed by atoms with Crippen molar-refractivity contribution in [3.63, 3.8) is 0 Å². The van der Waals surface area contributed by atoms with Gasteiger partial charge in [-0.25, -0.2) is 4.79 Å². The third-order valence-electron chi connectivity index (χ3n) is 0.970. The van der Waals surface area contributed by atoms with Crippen LogP contribution in [-0.4, -0.2) is 84.4 Å². The van der Waals surface area contributed by atoms with Gasteiger partial charge in [-0.3, -0.25) is 0 Å². The zero-order valence-electron chi connectivity index (χ0n) is 8.93. The van der Waals surface area contributed by atoms with Crippen molar-refractivity contribution in [3.05, 3.63) is 0 Å².